The lowest BCUT2D eigenvalue weighted by Gasteiger charge is -2.31. The summed E-state index contributed by atoms with van der Waals surface area (Å²) in [5.74, 6) is 2.16. The molecule has 0 aromatic rings. The maximum Gasteiger partial charge on any atom is 0.0469 e. The van der Waals surface area contributed by atoms with E-state index in [4.69, 9.17) is 4.74 Å². The number of ether oxygens (including phenoxy) is 1. The van der Waals surface area contributed by atoms with Gasteiger partial charge in [-0.2, -0.15) is 11.8 Å². The van der Waals surface area contributed by atoms with Crippen LogP contribution in [0.25, 0.3) is 0 Å². The Morgan fingerprint density at radius 3 is 2.56 bits per heavy atom. The third kappa shape index (κ3) is 4.75. The molecule has 18 heavy (non-hydrogen) atoms. The van der Waals surface area contributed by atoms with Gasteiger partial charge in [0, 0.05) is 30.3 Å². The molecular formula is C15H29NOS. The summed E-state index contributed by atoms with van der Waals surface area (Å²) in [6.07, 6.45) is 9.59. The van der Waals surface area contributed by atoms with E-state index in [0.717, 1.165) is 30.4 Å². The van der Waals surface area contributed by atoms with Gasteiger partial charge in [0.2, 0.25) is 0 Å². The van der Waals surface area contributed by atoms with E-state index in [1.165, 1.54) is 57.2 Å². The van der Waals surface area contributed by atoms with E-state index < -0.39 is 0 Å². The van der Waals surface area contributed by atoms with Gasteiger partial charge < -0.3 is 10.1 Å². The van der Waals surface area contributed by atoms with E-state index in [9.17, 15) is 0 Å². The van der Waals surface area contributed by atoms with Crippen molar-refractivity contribution in [1.29, 1.82) is 0 Å². The molecule has 1 saturated carbocycles. The highest BCUT2D eigenvalue weighted by atomic mass is 32.2. The molecule has 0 radical (unpaired) electrons. The average molecular weight is 271 g/mol. The molecule has 3 heteroatoms. The van der Waals surface area contributed by atoms with Gasteiger partial charge in [-0.25, -0.2) is 0 Å². The van der Waals surface area contributed by atoms with Gasteiger partial charge in [-0.1, -0.05) is 19.8 Å². The lowest BCUT2D eigenvalue weighted by atomic mass is 9.93. The lowest BCUT2D eigenvalue weighted by molar-refractivity contribution is 0.0566. The first-order valence-electron chi connectivity index (χ1n) is 7.83. The van der Waals surface area contributed by atoms with Gasteiger partial charge in [-0.15, -0.1) is 0 Å². The second kappa shape index (κ2) is 8.44. The van der Waals surface area contributed by atoms with Gasteiger partial charge in [-0.05, 0) is 44.6 Å². The summed E-state index contributed by atoms with van der Waals surface area (Å²) in [7, 11) is 0. The minimum atomic E-state index is 0.722. The molecule has 2 rings (SSSR count). The summed E-state index contributed by atoms with van der Waals surface area (Å²) in [6.45, 7) is 5.39. The maximum atomic E-state index is 5.50. The van der Waals surface area contributed by atoms with Crippen LogP contribution in [-0.2, 0) is 4.74 Å². The quantitative estimate of drug-likeness (QED) is 0.766. The largest absolute Gasteiger partial charge is 0.381 e. The number of hydrogen-bond donors (Lipinski definition) is 1. The molecule has 106 valence electrons. The molecule has 0 spiro atoms. The molecule has 0 aromatic carbocycles. The summed E-state index contributed by atoms with van der Waals surface area (Å²) in [5, 5.41) is 4.74. The first-order valence-corrected chi connectivity index (χ1v) is 8.87. The Kier molecular flexibility index (Phi) is 6.88. The lowest BCUT2D eigenvalue weighted by Crippen LogP contribution is -2.41. The highest BCUT2D eigenvalue weighted by Crippen LogP contribution is 2.31. The number of thioether (sulfide) groups is 1. The van der Waals surface area contributed by atoms with Crippen molar-refractivity contribution in [1.82, 2.24) is 5.32 Å². The minimum absolute atomic E-state index is 0.722. The van der Waals surface area contributed by atoms with Crippen molar-refractivity contribution in [3.05, 3.63) is 0 Å². The van der Waals surface area contributed by atoms with Crippen LogP contribution in [0.2, 0.25) is 0 Å². The smallest absolute Gasteiger partial charge is 0.0469 e. The van der Waals surface area contributed by atoms with E-state index in [1.807, 2.05) is 0 Å². The van der Waals surface area contributed by atoms with Crippen LogP contribution in [0.3, 0.4) is 0 Å². The Balaban J connectivity index is 1.75. The highest BCUT2D eigenvalue weighted by Gasteiger charge is 2.25. The first kappa shape index (κ1) is 14.7. The first-order chi connectivity index (χ1) is 8.90. The van der Waals surface area contributed by atoms with E-state index >= 15 is 0 Å². The van der Waals surface area contributed by atoms with Gasteiger partial charge >= 0.3 is 0 Å². The topological polar surface area (TPSA) is 21.3 Å². The number of nitrogens with one attached hydrogen (secondary N) is 1. The third-order valence-electron chi connectivity index (χ3n) is 4.31. The molecule has 0 bridgehead atoms. The van der Waals surface area contributed by atoms with Crippen molar-refractivity contribution in [2.24, 2.45) is 5.92 Å². The van der Waals surface area contributed by atoms with Crippen molar-refractivity contribution in [2.75, 3.05) is 25.5 Å². The molecule has 1 aliphatic carbocycles. The number of rotatable bonds is 7. The van der Waals surface area contributed by atoms with Crippen LogP contribution < -0.4 is 5.32 Å². The molecular weight excluding hydrogens is 242 g/mol. The van der Waals surface area contributed by atoms with Crippen LogP contribution in [0.15, 0.2) is 0 Å². The fourth-order valence-corrected chi connectivity index (χ4v) is 4.64. The van der Waals surface area contributed by atoms with E-state index in [1.54, 1.807) is 0 Å². The van der Waals surface area contributed by atoms with Crippen LogP contribution in [0.5, 0.6) is 0 Å². The van der Waals surface area contributed by atoms with Gasteiger partial charge in [0.05, 0.1) is 0 Å². The molecule has 1 atom stereocenters. The number of hydrogen-bond acceptors (Lipinski definition) is 3. The van der Waals surface area contributed by atoms with Crippen molar-refractivity contribution in [3.8, 4) is 0 Å². The Labute approximate surface area is 117 Å². The highest BCUT2D eigenvalue weighted by molar-refractivity contribution is 7.99. The molecule has 0 aromatic heterocycles. The van der Waals surface area contributed by atoms with E-state index in [2.05, 4.69) is 24.0 Å². The second-order valence-corrected chi connectivity index (χ2v) is 7.08. The molecule has 0 amide bonds. The zero-order valence-corrected chi connectivity index (χ0v) is 12.6. The molecule has 1 aliphatic heterocycles. The van der Waals surface area contributed by atoms with Gasteiger partial charge in [-0.3, -0.25) is 0 Å². The van der Waals surface area contributed by atoms with Crippen LogP contribution in [0.1, 0.15) is 51.9 Å². The van der Waals surface area contributed by atoms with Crippen molar-refractivity contribution >= 4 is 11.8 Å². The fourth-order valence-electron chi connectivity index (χ4n) is 3.10. The third-order valence-corrected chi connectivity index (χ3v) is 5.80. The standard InChI is InChI=1S/C15H29NOS/c1-2-9-16-15(13-7-10-17-11-8-13)12-18-14-5-3-4-6-14/h13-16H,2-12H2,1H3. The molecule has 2 nitrogen and oxygen atoms in total. The molecule has 1 unspecified atom stereocenters. The van der Waals surface area contributed by atoms with Crippen molar-refractivity contribution < 1.29 is 4.74 Å². The van der Waals surface area contributed by atoms with Crippen LogP contribution in [-0.4, -0.2) is 36.8 Å². The average Bonchev–Trinajstić information content (AvgIpc) is 2.93. The second-order valence-electron chi connectivity index (χ2n) is 5.75. The summed E-state index contributed by atoms with van der Waals surface area (Å²) in [6, 6.07) is 0.722. The predicted octanol–water partition coefficient (Wildman–Crippen LogP) is 3.46. The maximum absolute atomic E-state index is 5.50. The minimum Gasteiger partial charge on any atom is -0.381 e. The Morgan fingerprint density at radius 2 is 1.89 bits per heavy atom. The molecule has 2 aliphatic rings. The van der Waals surface area contributed by atoms with Crippen molar-refractivity contribution in [3.63, 3.8) is 0 Å². The van der Waals surface area contributed by atoms with Crippen LogP contribution >= 0.6 is 11.8 Å². The van der Waals surface area contributed by atoms with Gasteiger partial charge in [0.25, 0.3) is 0 Å². The zero-order valence-electron chi connectivity index (χ0n) is 11.8. The van der Waals surface area contributed by atoms with E-state index in [-0.39, 0.29) is 0 Å². The summed E-state index contributed by atoms with van der Waals surface area (Å²) in [4.78, 5) is 0. The van der Waals surface area contributed by atoms with Gasteiger partial charge in [0.1, 0.15) is 0 Å². The molecule has 2 fully saturated rings. The normalized spacial score (nSPS) is 24.5. The summed E-state index contributed by atoms with van der Waals surface area (Å²) >= 11 is 2.23. The Bertz CT molecular complexity index is 213. The molecule has 1 saturated heterocycles. The fraction of sp³-hybridized carbons (Fsp3) is 1.00. The monoisotopic (exact) mass is 271 g/mol. The van der Waals surface area contributed by atoms with Crippen LogP contribution in [0.4, 0.5) is 0 Å². The SMILES string of the molecule is CCCNC(CSC1CCCC1)C1CCOCC1. The summed E-state index contributed by atoms with van der Waals surface area (Å²) < 4.78 is 5.50. The van der Waals surface area contributed by atoms with Crippen LogP contribution in [0, 0.1) is 5.92 Å². The zero-order chi connectivity index (χ0) is 12.6. The van der Waals surface area contributed by atoms with Crippen molar-refractivity contribution in [2.45, 2.75) is 63.2 Å². The molecule has 1 heterocycles. The summed E-state index contributed by atoms with van der Waals surface area (Å²) in [5.41, 5.74) is 0. The predicted molar refractivity (Wildman–Crippen MR) is 80.3 cm³/mol. The Morgan fingerprint density at radius 1 is 1.17 bits per heavy atom. The Hall–Kier alpha value is 0.270. The van der Waals surface area contributed by atoms with Gasteiger partial charge in [0.15, 0.2) is 0 Å². The molecule has 1 N–H and O–H groups in total. The van der Waals surface area contributed by atoms with E-state index in [0.29, 0.717) is 0 Å².